The minimum absolute atomic E-state index is 0.152. The van der Waals surface area contributed by atoms with E-state index in [1.807, 2.05) is 0 Å². The monoisotopic (exact) mass is 255 g/mol. The zero-order valence-corrected chi connectivity index (χ0v) is 12.6. The number of hydrogen-bond donors (Lipinski definition) is 1. The molecular formula is C16H33NO. The van der Waals surface area contributed by atoms with Crippen LogP contribution < -0.4 is 5.32 Å². The van der Waals surface area contributed by atoms with E-state index in [-0.39, 0.29) is 5.60 Å². The predicted octanol–water partition coefficient (Wildman–Crippen LogP) is 4.29. The molecule has 18 heavy (non-hydrogen) atoms. The van der Waals surface area contributed by atoms with Gasteiger partial charge in [0.05, 0.1) is 5.60 Å². The molecule has 0 saturated carbocycles. The first-order chi connectivity index (χ1) is 8.77. The second-order valence-electron chi connectivity index (χ2n) is 6.08. The Morgan fingerprint density at radius 3 is 1.78 bits per heavy atom. The van der Waals surface area contributed by atoms with Gasteiger partial charge < -0.3 is 10.1 Å². The lowest BCUT2D eigenvalue weighted by atomic mass is 10.00. The molecule has 1 N–H and O–H groups in total. The van der Waals surface area contributed by atoms with E-state index in [2.05, 4.69) is 19.2 Å². The molecule has 0 aliphatic carbocycles. The van der Waals surface area contributed by atoms with Gasteiger partial charge in [0.1, 0.15) is 0 Å². The maximum Gasteiger partial charge on any atom is 0.0901 e. The van der Waals surface area contributed by atoms with Gasteiger partial charge in [-0.2, -0.15) is 0 Å². The van der Waals surface area contributed by atoms with Gasteiger partial charge in [-0.3, -0.25) is 0 Å². The molecule has 0 spiro atoms. The van der Waals surface area contributed by atoms with Crippen LogP contribution in [-0.4, -0.2) is 25.3 Å². The lowest BCUT2D eigenvalue weighted by Crippen LogP contribution is -2.59. The Balaban J connectivity index is 1.71. The summed E-state index contributed by atoms with van der Waals surface area (Å²) in [5.74, 6) is 0. The van der Waals surface area contributed by atoms with Crippen molar-refractivity contribution in [1.29, 1.82) is 0 Å². The molecule has 0 aromatic rings. The zero-order valence-electron chi connectivity index (χ0n) is 12.6. The molecule has 2 nitrogen and oxygen atoms in total. The van der Waals surface area contributed by atoms with E-state index in [1.165, 1.54) is 64.2 Å². The third kappa shape index (κ3) is 7.38. The van der Waals surface area contributed by atoms with Crippen LogP contribution in [0.5, 0.6) is 0 Å². The lowest BCUT2D eigenvalue weighted by Gasteiger charge is -2.39. The van der Waals surface area contributed by atoms with Crippen LogP contribution in [0.3, 0.4) is 0 Å². The van der Waals surface area contributed by atoms with Gasteiger partial charge >= 0.3 is 0 Å². The van der Waals surface area contributed by atoms with Crippen LogP contribution in [0.25, 0.3) is 0 Å². The Hall–Kier alpha value is -0.0800. The minimum Gasteiger partial charge on any atom is -0.373 e. The van der Waals surface area contributed by atoms with Crippen LogP contribution in [0.4, 0.5) is 0 Å². The summed E-state index contributed by atoms with van der Waals surface area (Å²) in [6.07, 6.45) is 14.0. The molecule has 0 atom stereocenters. The van der Waals surface area contributed by atoms with E-state index < -0.39 is 0 Å². The maximum atomic E-state index is 5.87. The molecule has 0 unspecified atom stereocenters. The van der Waals surface area contributed by atoms with Crippen LogP contribution in [0.1, 0.15) is 78.1 Å². The number of hydrogen-bond acceptors (Lipinski definition) is 2. The van der Waals surface area contributed by atoms with Crippen molar-refractivity contribution in [1.82, 2.24) is 5.32 Å². The Labute approximate surface area is 114 Å². The number of ether oxygens (including phenoxy) is 1. The molecule has 1 fully saturated rings. The van der Waals surface area contributed by atoms with Crippen LogP contribution in [-0.2, 0) is 4.74 Å². The second kappa shape index (κ2) is 9.80. The highest BCUT2D eigenvalue weighted by Crippen LogP contribution is 2.16. The third-order valence-corrected chi connectivity index (χ3v) is 3.95. The highest BCUT2D eigenvalue weighted by Gasteiger charge is 2.31. The fourth-order valence-electron chi connectivity index (χ4n) is 2.49. The van der Waals surface area contributed by atoms with Crippen molar-refractivity contribution < 1.29 is 4.74 Å². The normalized spacial score (nSPS) is 17.7. The molecule has 108 valence electrons. The van der Waals surface area contributed by atoms with Gasteiger partial charge in [-0.15, -0.1) is 0 Å². The quantitative estimate of drug-likeness (QED) is 0.525. The molecule has 0 aromatic heterocycles. The number of unbranched alkanes of at least 4 members (excludes halogenated alkanes) is 9. The SMILES string of the molecule is CCCCCCCCCCCCOC1(C)CNC1. The summed E-state index contributed by atoms with van der Waals surface area (Å²) in [6, 6.07) is 0. The van der Waals surface area contributed by atoms with Gasteiger partial charge in [0.15, 0.2) is 0 Å². The second-order valence-corrected chi connectivity index (χ2v) is 6.08. The van der Waals surface area contributed by atoms with Gasteiger partial charge in [-0.05, 0) is 13.3 Å². The van der Waals surface area contributed by atoms with Crippen molar-refractivity contribution in [3.05, 3.63) is 0 Å². The summed E-state index contributed by atoms with van der Waals surface area (Å²) in [7, 11) is 0. The van der Waals surface area contributed by atoms with Crippen molar-refractivity contribution in [2.75, 3.05) is 19.7 Å². The van der Waals surface area contributed by atoms with Crippen molar-refractivity contribution in [2.24, 2.45) is 0 Å². The summed E-state index contributed by atoms with van der Waals surface area (Å²) in [5, 5.41) is 3.27. The molecule has 0 amide bonds. The highest BCUT2D eigenvalue weighted by atomic mass is 16.5. The maximum absolute atomic E-state index is 5.87. The van der Waals surface area contributed by atoms with E-state index in [9.17, 15) is 0 Å². The van der Waals surface area contributed by atoms with Crippen LogP contribution in [0.15, 0.2) is 0 Å². The standard InChI is InChI=1S/C16H33NO/c1-3-4-5-6-7-8-9-10-11-12-13-18-16(2)14-17-15-16/h17H,3-15H2,1-2H3. The summed E-state index contributed by atoms with van der Waals surface area (Å²) in [6.45, 7) is 7.51. The predicted molar refractivity (Wildman–Crippen MR) is 79.1 cm³/mol. The summed E-state index contributed by atoms with van der Waals surface area (Å²) >= 11 is 0. The Bertz CT molecular complexity index is 190. The molecule has 1 aliphatic heterocycles. The van der Waals surface area contributed by atoms with Crippen molar-refractivity contribution in [3.8, 4) is 0 Å². The number of nitrogens with one attached hydrogen (secondary N) is 1. The van der Waals surface area contributed by atoms with Gasteiger partial charge in [-0.1, -0.05) is 64.7 Å². The summed E-state index contributed by atoms with van der Waals surface area (Å²) < 4.78 is 5.87. The Morgan fingerprint density at radius 1 is 0.833 bits per heavy atom. The fraction of sp³-hybridized carbons (Fsp3) is 1.00. The molecular weight excluding hydrogens is 222 g/mol. The third-order valence-electron chi connectivity index (χ3n) is 3.95. The first-order valence-electron chi connectivity index (χ1n) is 8.11. The van der Waals surface area contributed by atoms with Gasteiger partial charge in [-0.25, -0.2) is 0 Å². The molecule has 1 heterocycles. The number of rotatable bonds is 12. The Morgan fingerprint density at radius 2 is 1.33 bits per heavy atom. The average Bonchev–Trinajstić information content (AvgIpc) is 2.34. The average molecular weight is 255 g/mol. The topological polar surface area (TPSA) is 21.3 Å². The van der Waals surface area contributed by atoms with Crippen LogP contribution in [0.2, 0.25) is 0 Å². The summed E-state index contributed by atoms with van der Waals surface area (Å²) in [5.41, 5.74) is 0.152. The van der Waals surface area contributed by atoms with Crippen molar-refractivity contribution >= 4 is 0 Å². The fourth-order valence-corrected chi connectivity index (χ4v) is 2.49. The lowest BCUT2D eigenvalue weighted by molar-refractivity contribution is -0.0677. The van der Waals surface area contributed by atoms with Gasteiger partial charge in [0, 0.05) is 19.7 Å². The first kappa shape index (κ1) is 16.0. The molecule has 1 saturated heterocycles. The van der Waals surface area contributed by atoms with Crippen LogP contribution >= 0.6 is 0 Å². The van der Waals surface area contributed by atoms with E-state index >= 15 is 0 Å². The molecule has 1 rings (SSSR count). The van der Waals surface area contributed by atoms with E-state index in [0.717, 1.165) is 19.7 Å². The smallest absolute Gasteiger partial charge is 0.0901 e. The largest absolute Gasteiger partial charge is 0.373 e. The van der Waals surface area contributed by atoms with Crippen LogP contribution in [0, 0.1) is 0 Å². The zero-order chi connectivity index (χ0) is 13.1. The molecule has 2 heteroatoms. The van der Waals surface area contributed by atoms with Crippen molar-refractivity contribution in [2.45, 2.75) is 83.7 Å². The molecule has 0 bridgehead atoms. The minimum atomic E-state index is 0.152. The highest BCUT2D eigenvalue weighted by molar-refractivity contribution is 4.89. The van der Waals surface area contributed by atoms with Gasteiger partial charge in [0.25, 0.3) is 0 Å². The van der Waals surface area contributed by atoms with Crippen molar-refractivity contribution in [3.63, 3.8) is 0 Å². The van der Waals surface area contributed by atoms with E-state index in [4.69, 9.17) is 4.74 Å². The van der Waals surface area contributed by atoms with E-state index in [1.54, 1.807) is 0 Å². The molecule has 1 aliphatic rings. The first-order valence-corrected chi connectivity index (χ1v) is 8.11. The van der Waals surface area contributed by atoms with E-state index in [0.29, 0.717) is 0 Å². The molecule has 0 radical (unpaired) electrons. The Kier molecular flexibility index (Phi) is 8.70. The molecule has 0 aromatic carbocycles. The van der Waals surface area contributed by atoms with Gasteiger partial charge in [0.2, 0.25) is 0 Å². The summed E-state index contributed by atoms with van der Waals surface area (Å²) in [4.78, 5) is 0.